The van der Waals surface area contributed by atoms with Crippen LogP contribution in [-0.2, 0) is 17.8 Å². The third-order valence-corrected chi connectivity index (χ3v) is 3.47. The van der Waals surface area contributed by atoms with E-state index in [1.54, 1.807) is 4.68 Å². The smallest absolute Gasteiger partial charge is 0.0964 e. The summed E-state index contributed by atoms with van der Waals surface area (Å²) in [6.07, 6.45) is 4.09. The monoisotopic (exact) mass is 254 g/mol. The van der Waals surface area contributed by atoms with Crippen LogP contribution in [0.25, 0.3) is 0 Å². The maximum Gasteiger partial charge on any atom is 0.0964 e. The molecule has 102 valence electrons. The van der Waals surface area contributed by atoms with E-state index in [1.807, 2.05) is 6.20 Å². The van der Waals surface area contributed by atoms with Crippen molar-refractivity contribution in [1.82, 2.24) is 20.3 Å². The van der Waals surface area contributed by atoms with Crippen LogP contribution < -0.4 is 5.32 Å². The SMILES string of the molecule is CC1(CNCc2cn(CCO)nn2)CCOCC1. The fraction of sp³-hybridized carbons (Fsp3) is 0.833. The van der Waals surface area contributed by atoms with Gasteiger partial charge in [-0.2, -0.15) is 0 Å². The number of ether oxygens (including phenoxy) is 1. The molecule has 0 radical (unpaired) electrons. The molecule has 0 unspecified atom stereocenters. The lowest BCUT2D eigenvalue weighted by atomic mass is 9.82. The first-order valence-electron chi connectivity index (χ1n) is 6.50. The number of hydrogen-bond donors (Lipinski definition) is 2. The Kier molecular flexibility index (Phi) is 4.68. The van der Waals surface area contributed by atoms with Crippen molar-refractivity contribution in [1.29, 1.82) is 0 Å². The molecule has 1 aromatic rings. The minimum absolute atomic E-state index is 0.0916. The first-order chi connectivity index (χ1) is 8.72. The van der Waals surface area contributed by atoms with Gasteiger partial charge in [-0.3, -0.25) is 0 Å². The Hall–Kier alpha value is -0.980. The van der Waals surface area contributed by atoms with Gasteiger partial charge in [-0.25, -0.2) is 4.68 Å². The predicted octanol–water partition coefficient (Wildman–Crippen LogP) is 0.177. The molecule has 1 aromatic heterocycles. The molecule has 0 aliphatic carbocycles. The van der Waals surface area contributed by atoms with E-state index in [4.69, 9.17) is 9.84 Å². The van der Waals surface area contributed by atoms with Gasteiger partial charge >= 0.3 is 0 Å². The minimum atomic E-state index is 0.0916. The molecule has 0 bridgehead atoms. The summed E-state index contributed by atoms with van der Waals surface area (Å²) in [5.74, 6) is 0. The third kappa shape index (κ3) is 3.76. The third-order valence-electron chi connectivity index (χ3n) is 3.47. The van der Waals surface area contributed by atoms with Crippen molar-refractivity contribution < 1.29 is 9.84 Å². The van der Waals surface area contributed by atoms with E-state index in [-0.39, 0.29) is 6.61 Å². The fourth-order valence-corrected chi connectivity index (χ4v) is 2.16. The summed E-state index contributed by atoms with van der Waals surface area (Å²) >= 11 is 0. The van der Waals surface area contributed by atoms with E-state index in [0.29, 0.717) is 12.0 Å². The highest BCUT2D eigenvalue weighted by molar-refractivity contribution is 4.92. The summed E-state index contributed by atoms with van der Waals surface area (Å²) < 4.78 is 7.04. The average Bonchev–Trinajstić information content (AvgIpc) is 2.78. The molecular formula is C12H22N4O2. The van der Waals surface area contributed by atoms with Crippen LogP contribution in [0.2, 0.25) is 0 Å². The first kappa shape index (κ1) is 13.5. The highest BCUT2D eigenvalue weighted by Gasteiger charge is 2.26. The number of aromatic nitrogens is 3. The second-order valence-corrected chi connectivity index (χ2v) is 5.22. The number of nitrogens with zero attached hydrogens (tertiary/aromatic N) is 3. The van der Waals surface area contributed by atoms with Crippen LogP contribution in [0.15, 0.2) is 6.20 Å². The van der Waals surface area contributed by atoms with Gasteiger partial charge in [0.15, 0.2) is 0 Å². The predicted molar refractivity (Wildman–Crippen MR) is 67.0 cm³/mol. The van der Waals surface area contributed by atoms with Crippen LogP contribution >= 0.6 is 0 Å². The molecule has 2 N–H and O–H groups in total. The van der Waals surface area contributed by atoms with Gasteiger partial charge in [0.05, 0.1) is 18.8 Å². The van der Waals surface area contributed by atoms with Crippen molar-refractivity contribution in [2.24, 2.45) is 5.41 Å². The maximum absolute atomic E-state index is 8.79. The molecule has 6 heteroatoms. The van der Waals surface area contributed by atoms with Crippen molar-refractivity contribution in [3.05, 3.63) is 11.9 Å². The normalized spacial score (nSPS) is 19.0. The number of rotatable bonds is 6. The van der Waals surface area contributed by atoms with Crippen molar-refractivity contribution in [2.75, 3.05) is 26.4 Å². The molecule has 0 aromatic carbocycles. The number of hydrogen-bond acceptors (Lipinski definition) is 5. The number of aliphatic hydroxyl groups excluding tert-OH is 1. The van der Waals surface area contributed by atoms with Gasteiger partial charge in [-0.1, -0.05) is 12.1 Å². The van der Waals surface area contributed by atoms with E-state index in [9.17, 15) is 0 Å². The second-order valence-electron chi connectivity index (χ2n) is 5.22. The quantitative estimate of drug-likeness (QED) is 0.757. The Morgan fingerprint density at radius 2 is 2.28 bits per heavy atom. The number of nitrogens with one attached hydrogen (secondary N) is 1. The van der Waals surface area contributed by atoms with Gasteiger partial charge in [0, 0.05) is 32.5 Å². The van der Waals surface area contributed by atoms with Gasteiger partial charge in [0.2, 0.25) is 0 Å². The van der Waals surface area contributed by atoms with Gasteiger partial charge in [-0.15, -0.1) is 5.10 Å². The zero-order valence-electron chi connectivity index (χ0n) is 10.9. The van der Waals surface area contributed by atoms with Crippen molar-refractivity contribution >= 4 is 0 Å². The molecule has 0 amide bonds. The summed E-state index contributed by atoms with van der Waals surface area (Å²) in [7, 11) is 0. The Balaban J connectivity index is 1.73. The van der Waals surface area contributed by atoms with Crippen molar-refractivity contribution in [2.45, 2.75) is 32.9 Å². The van der Waals surface area contributed by atoms with Crippen LogP contribution in [0.5, 0.6) is 0 Å². The number of aliphatic hydroxyl groups is 1. The fourth-order valence-electron chi connectivity index (χ4n) is 2.16. The Morgan fingerprint density at radius 3 is 3.00 bits per heavy atom. The standard InChI is InChI=1S/C12H22N4O2/c1-12(2-6-18-7-3-12)10-13-8-11-9-16(4-5-17)15-14-11/h9,13,17H,2-8,10H2,1H3. The van der Waals surface area contributed by atoms with E-state index in [2.05, 4.69) is 22.6 Å². The summed E-state index contributed by atoms with van der Waals surface area (Å²) in [5, 5.41) is 20.2. The molecule has 0 spiro atoms. The molecule has 2 heterocycles. The van der Waals surface area contributed by atoms with Crippen LogP contribution in [0.4, 0.5) is 0 Å². The van der Waals surface area contributed by atoms with Crippen LogP contribution in [0.1, 0.15) is 25.5 Å². The van der Waals surface area contributed by atoms with E-state index >= 15 is 0 Å². The molecular weight excluding hydrogens is 232 g/mol. The van der Waals surface area contributed by atoms with E-state index in [1.165, 1.54) is 0 Å². The van der Waals surface area contributed by atoms with Gasteiger partial charge in [0.25, 0.3) is 0 Å². The summed E-state index contributed by atoms with van der Waals surface area (Å²) in [6, 6.07) is 0. The molecule has 2 rings (SSSR count). The molecule has 1 aliphatic rings. The maximum atomic E-state index is 8.79. The second kappa shape index (κ2) is 6.26. The molecule has 1 saturated heterocycles. The lowest BCUT2D eigenvalue weighted by Crippen LogP contribution is -2.36. The van der Waals surface area contributed by atoms with Crippen molar-refractivity contribution in [3.8, 4) is 0 Å². The molecule has 18 heavy (non-hydrogen) atoms. The van der Waals surface area contributed by atoms with E-state index in [0.717, 1.165) is 44.8 Å². The van der Waals surface area contributed by atoms with Gasteiger partial charge in [0.1, 0.15) is 0 Å². The lowest BCUT2D eigenvalue weighted by Gasteiger charge is -2.33. The summed E-state index contributed by atoms with van der Waals surface area (Å²) in [6.45, 7) is 6.32. The molecule has 0 atom stereocenters. The summed E-state index contributed by atoms with van der Waals surface area (Å²) in [4.78, 5) is 0. The highest BCUT2D eigenvalue weighted by atomic mass is 16.5. The molecule has 1 aliphatic heterocycles. The van der Waals surface area contributed by atoms with Gasteiger partial charge < -0.3 is 15.2 Å². The topological polar surface area (TPSA) is 72.2 Å². The zero-order valence-corrected chi connectivity index (χ0v) is 10.9. The lowest BCUT2D eigenvalue weighted by molar-refractivity contribution is 0.0239. The van der Waals surface area contributed by atoms with Crippen LogP contribution in [-0.4, -0.2) is 46.5 Å². The average molecular weight is 254 g/mol. The van der Waals surface area contributed by atoms with Crippen LogP contribution in [0, 0.1) is 5.41 Å². The molecule has 6 nitrogen and oxygen atoms in total. The Morgan fingerprint density at radius 1 is 1.50 bits per heavy atom. The van der Waals surface area contributed by atoms with Gasteiger partial charge in [-0.05, 0) is 18.3 Å². The van der Waals surface area contributed by atoms with Crippen LogP contribution in [0.3, 0.4) is 0 Å². The summed E-state index contributed by atoms with van der Waals surface area (Å²) in [5.41, 5.74) is 1.25. The first-order valence-corrected chi connectivity index (χ1v) is 6.50. The zero-order chi connectivity index (χ0) is 12.8. The Labute approximate surface area is 107 Å². The largest absolute Gasteiger partial charge is 0.394 e. The highest BCUT2D eigenvalue weighted by Crippen LogP contribution is 2.28. The molecule has 1 fully saturated rings. The van der Waals surface area contributed by atoms with E-state index < -0.39 is 0 Å². The Bertz CT molecular complexity index is 361. The van der Waals surface area contributed by atoms with Crippen molar-refractivity contribution in [3.63, 3.8) is 0 Å². The minimum Gasteiger partial charge on any atom is -0.394 e. The molecule has 0 saturated carbocycles.